The Morgan fingerprint density at radius 2 is 2.15 bits per heavy atom. The fraction of sp³-hybridized carbons (Fsp3) is 0.857. The van der Waals surface area contributed by atoms with Crippen molar-refractivity contribution in [3.8, 4) is 0 Å². The second kappa shape index (κ2) is 5.22. The minimum atomic E-state index is -0.476. The molecule has 0 aromatic carbocycles. The number of hydrogen-bond acceptors (Lipinski definition) is 5. The van der Waals surface area contributed by atoms with Gasteiger partial charge in [-0.05, 0) is 31.4 Å². The molecule has 0 aromatic rings. The Hall–Kier alpha value is -0.750. The van der Waals surface area contributed by atoms with Gasteiger partial charge in [0.2, 0.25) is 5.91 Å². The zero-order chi connectivity index (χ0) is 14.3. The standard InChI is InChI=1S/C14H22N2O3S/c1-19-13(18)11-14(5-2-3-6-14)8-10-16(11)12(17)9(15)4-7-20-10/h9-11H,2-8,15H2,1H3/t9-,10-,11+/m0/s1. The highest BCUT2D eigenvalue weighted by Gasteiger charge is 2.59. The van der Waals surface area contributed by atoms with Crippen molar-refractivity contribution >= 4 is 23.6 Å². The number of thioether (sulfide) groups is 1. The lowest BCUT2D eigenvalue weighted by Gasteiger charge is -2.33. The van der Waals surface area contributed by atoms with Crippen LogP contribution >= 0.6 is 11.8 Å². The van der Waals surface area contributed by atoms with Crippen molar-refractivity contribution in [1.82, 2.24) is 4.90 Å². The number of amides is 1. The average Bonchev–Trinajstić information content (AvgIpc) is 2.99. The van der Waals surface area contributed by atoms with E-state index in [0.717, 1.165) is 37.9 Å². The summed E-state index contributed by atoms with van der Waals surface area (Å²) in [5.41, 5.74) is 5.90. The molecule has 2 saturated heterocycles. The minimum absolute atomic E-state index is 0.0702. The molecule has 5 nitrogen and oxygen atoms in total. The number of carbonyl (C=O) groups excluding carboxylic acids is 2. The smallest absolute Gasteiger partial charge is 0.329 e. The zero-order valence-corrected chi connectivity index (χ0v) is 12.7. The van der Waals surface area contributed by atoms with E-state index in [4.69, 9.17) is 10.5 Å². The van der Waals surface area contributed by atoms with E-state index in [1.807, 2.05) is 0 Å². The fourth-order valence-corrected chi connectivity index (χ4v) is 5.60. The van der Waals surface area contributed by atoms with Gasteiger partial charge in [0.25, 0.3) is 0 Å². The van der Waals surface area contributed by atoms with Crippen LogP contribution in [0.1, 0.15) is 38.5 Å². The number of nitrogens with zero attached hydrogens (tertiary/aromatic N) is 1. The van der Waals surface area contributed by atoms with Gasteiger partial charge in [-0.1, -0.05) is 12.8 Å². The van der Waals surface area contributed by atoms with E-state index in [1.165, 1.54) is 7.11 Å². The third-order valence-corrected chi connectivity index (χ3v) is 6.33. The number of carbonyl (C=O) groups is 2. The Labute approximate surface area is 123 Å². The van der Waals surface area contributed by atoms with E-state index in [1.54, 1.807) is 16.7 Å². The molecule has 1 saturated carbocycles. The molecule has 0 radical (unpaired) electrons. The molecular formula is C14H22N2O3S. The van der Waals surface area contributed by atoms with E-state index < -0.39 is 12.1 Å². The second-order valence-corrected chi connectivity index (χ2v) is 7.45. The Morgan fingerprint density at radius 1 is 1.45 bits per heavy atom. The van der Waals surface area contributed by atoms with Gasteiger partial charge in [0.15, 0.2) is 0 Å². The molecule has 20 heavy (non-hydrogen) atoms. The summed E-state index contributed by atoms with van der Waals surface area (Å²) in [7, 11) is 1.41. The van der Waals surface area contributed by atoms with E-state index in [2.05, 4.69) is 0 Å². The molecule has 2 N–H and O–H groups in total. The number of nitrogens with two attached hydrogens (primary N) is 1. The molecule has 0 aromatic heterocycles. The van der Waals surface area contributed by atoms with Gasteiger partial charge >= 0.3 is 5.97 Å². The van der Waals surface area contributed by atoms with Crippen LogP contribution in [0.5, 0.6) is 0 Å². The molecule has 2 heterocycles. The molecule has 6 heteroatoms. The molecule has 2 aliphatic heterocycles. The van der Waals surface area contributed by atoms with Crippen LogP contribution in [-0.2, 0) is 14.3 Å². The predicted molar refractivity (Wildman–Crippen MR) is 77.0 cm³/mol. The maximum absolute atomic E-state index is 12.6. The summed E-state index contributed by atoms with van der Waals surface area (Å²) in [5.74, 6) is 0.550. The molecule has 3 aliphatic rings. The second-order valence-electron chi connectivity index (χ2n) is 6.17. The largest absolute Gasteiger partial charge is 0.467 e. The van der Waals surface area contributed by atoms with Crippen molar-refractivity contribution in [2.45, 2.75) is 56.0 Å². The lowest BCUT2D eigenvalue weighted by atomic mass is 9.78. The SMILES string of the molecule is COC(=O)[C@H]1N2C(=O)[C@@H](N)CCS[C@H]2CC12CCCC2. The topological polar surface area (TPSA) is 72.6 Å². The summed E-state index contributed by atoms with van der Waals surface area (Å²) in [6.45, 7) is 0. The lowest BCUT2D eigenvalue weighted by Crippen LogP contribution is -2.53. The maximum Gasteiger partial charge on any atom is 0.329 e. The third-order valence-electron chi connectivity index (χ3n) is 5.08. The summed E-state index contributed by atoms with van der Waals surface area (Å²) in [5, 5.41) is 0.0956. The highest BCUT2D eigenvalue weighted by molar-refractivity contribution is 7.99. The van der Waals surface area contributed by atoms with Crippen molar-refractivity contribution in [2.75, 3.05) is 12.9 Å². The van der Waals surface area contributed by atoms with Crippen LogP contribution in [0, 0.1) is 5.41 Å². The first-order valence-electron chi connectivity index (χ1n) is 7.36. The van der Waals surface area contributed by atoms with Crippen molar-refractivity contribution in [2.24, 2.45) is 11.1 Å². The maximum atomic E-state index is 12.6. The lowest BCUT2D eigenvalue weighted by molar-refractivity contribution is -0.155. The highest BCUT2D eigenvalue weighted by Crippen LogP contribution is 2.55. The molecule has 3 atom stereocenters. The van der Waals surface area contributed by atoms with E-state index in [-0.39, 0.29) is 22.7 Å². The first kappa shape index (κ1) is 14.2. The highest BCUT2D eigenvalue weighted by atomic mass is 32.2. The summed E-state index contributed by atoms with van der Waals surface area (Å²) >= 11 is 1.77. The van der Waals surface area contributed by atoms with Crippen LogP contribution in [0.3, 0.4) is 0 Å². The summed E-state index contributed by atoms with van der Waals surface area (Å²) < 4.78 is 5.01. The number of methoxy groups -OCH3 is 1. The monoisotopic (exact) mass is 298 g/mol. The number of ether oxygens (including phenoxy) is 1. The van der Waals surface area contributed by atoms with Crippen LogP contribution in [0.4, 0.5) is 0 Å². The number of rotatable bonds is 1. The minimum Gasteiger partial charge on any atom is -0.467 e. The Balaban J connectivity index is 1.98. The van der Waals surface area contributed by atoms with Crippen molar-refractivity contribution < 1.29 is 14.3 Å². The predicted octanol–water partition coefficient (Wildman–Crippen LogP) is 1.11. The van der Waals surface area contributed by atoms with Crippen LogP contribution in [0.15, 0.2) is 0 Å². The molecule has 3 fully saturated rings. The Morgan fingerprint density at radius 3 is 2.80 bits per heavy atom. The molecule has 1 amide bonds. The number of fused-ring (bicyclic) bond motifs is 1. The molecule has 0 unspecified atom stereocenters. The first-order valence-corrected chi connectivity index (χ1v) is 8.41. The van der Waals surface area contributed by atoms with Gasteiger partial charge in [0, 0.05) is 5.41 Å². The number of esters is 1. The van der Waals surface area contributed by atoms with Crippen molar-refractivity contribution in [3.05, 3.63) is 0 Å². The molecule has 0 bridgehead atoms. The Kier molecular flexibility index (Phi) is 3.71. The van der Waals surface area contributed by atoms with Gasteiger partial charge < -0.3 is 15.4 Å². The summed E-state index contributed by atoms with van der Waals surface area (Å²) in [6, 6.07) is -0.902. The molecular weight excluding hydrogens is 276 g/mol. The third kappa shape index (κ3) is 2.04. The van der Waals surface area contributed by atoms with Gasteiger partial charge in [-0.25, -0.2) is 4.79 Å². The van der Waals surface area contributed by atoms with Gasteiger partial charge in [-0.15, -0.1) is 11.8 Å². The van der Waals surface area contributed by atoms with E-state index in [0.29, 0.717) is 6.42 Å². The average molecular weight is 298 g/mol. The quantitative estimate of drug-likeness (QED) is 0.734. The van der Waals surface area contributed by atoms with Gasteiger partial charge in [-0.2, -0.15) is 0 Å². The molecule has 1 spiro atoms. The molecule has 3 rings (SSSR count). The van der Waals surface area contributed by atoms with E-state index >= 15 is 0 Å². The molecule has 112 valence electrons. The first-order chi connectivity index (χ1) is 9.59. The van der Waals surface area contributed by atoms with E-state index in [9.17, 15) is 9.59 Å². The summed E-state index contributed by atoms with van der Waals surface area (Å²) in [6.07, 6.45) is 5.91. The van der Waals surface area contributed by atoms with Crippen LogP contribution < -0.4 is 5.73 Å². The van der Waals surface area contributed by atoms with Gasteiger partial charge in [-0.3, -0.25) is 4.79 Å². The van der Waals surface area contributed by atoms with Crippen LogP contribution in [0.25, 0.3) is 0 Å². The molecule has 1 aliphatic carbocycles. The zero-order valence-electron chi connectivity index (χ0n) is 11.8. The normalized spacial score (nSPS) is 36.0. The van der Waals surface area contributed by atoms with Crippen LogP contribution in [0.2, 0.25) is 0 Å². The van der Waals surface area contributed by atoms with Crippen molar-refractivity contribution in [1.29, 1.82) is 0 Å². The van der Waals surface area contributed by atoms with Gasteiger partial charge in [0.05, 0.1) is 18.5 Å². The summed E-state index contributed by atoms with van der Waals surface area (Å²) in [4.78, 5) is 26.7. The van der Waals surface area contributed by atoms with Crippen molar-refractivity contribution in [3.63, 3.8) is 0 Å². The number of hydrogen-bond donors (Lipinski definition) is 1. The Bertz CT molecular complexity index is 423. The van der Waals surface area contributed by atoms with Gasteiger partial charge in [0.1, 0.15) is 6.04 Å². The fourth-order valence-electron chi connectivity index (χ4n) is 4.11. The van der Waals surface area contributed by atoms with Crippen LogP contribution in [-0.4, -0.2) is 47.1 Å².